The average Bonchev–Trinajstić information content (AvgIpc) is 3.31. The Morgan fingerprint density at radius 2 is 1.00 bits per heavy atom. The number of carbonyl (C=O) groups is 2. The lowest BCUT2D eigenvalue weighted by Gasteiger charge is -2.30. The molecule has 0 aliphatic heterocycles. The Morgan fingerprint density at radius 3 is 1.57 bits per heavy atom. The zero-order valence-corrected chi connectivity index (χ0v) is 45.9. The summed E-state index contributed by atoms with van der Waals surface area (Å²) in [6.07, 6.45) is 63.7. The Hall–Kier alpha value is -3.07. The fourth-order valence-corrected chi connectivity index (χ4v) is 8.06. The summed E-state index contributed by atoms with van der Waals surface area (Å²) in [7, 11) is 1.14. The number of esters is 1. The predicted octanol–water partition coefficient (Wildman–Crippen LogP) is 15.8. The second-order valence-corrected chi connectivity index (χ2v) is 20.8. The summed E-state index contributed by atoms with van der Waals surface area (Å²) >= 11 is 0. The molecule has 0 aromatic carbocycles. The van der Waals surface area contributed by atoms with Crippen LogP contribution in [0.4, 0.5) is 0 Å². The van der Waals surface area contributed by atoms with Crippen LogP contribution in [0.3, 0.4) is 0 Å². The summed E-state index contributed by atoms with van der Waals surface area (Å²) < 4.78 is 30.2. The van der Waals surface area contributed by atoms with Gasteiger partial charge in [0.1, 0.15) is 19.3 Å². The van der Waals surface area contributed by atoms with Gasteiger partial charge in [0.05, 0.1) is 33.8 Å². The highest BCUT2D eigenvalue weighted by Crippen LogP contribution is 2.38. The van der Waals surface area contributed by atoms with Gasteiger partial charge in [-0.2, -0.15) is 0 Å². The quantitative estimate of drug-likeness (QED) is 0.0161. The number of ether oxygens (including phenoxy) is 1. The van der Waals surface area contributed by atoms with Gasteiger partial charge in [-0.3, -0.25) is 14.2 Å². The number of unbranched alkanes of at least 4 members (excludes halogenated alkanes) is 20. The molecule has 9 nitrogen and oxygen atoms in total. The van der Waals surface area contributed by atoms with Crippen molar-refractivity contribution in [3.05, 3.63) is 97.2 Å². The number of rotatable bonds is 48. The lowest BCUT2D eigenvalue weighted by Crippen LogP contribution is -2.47. The third-order valence-electron chi connectivity index (χ3n) is 11.6. The Morgan fingerprint density at radius 1 is 0.536 bits per heavy atom. The highest BCUT2D eigenvalue weighted by atomic mass is 31.2. The molecule has 0 heterocycles. The van der Waals surface area contributed by atoms with E-state index < -0.39 is 26.6 Å². The van der Waals surface area contributed by atoms with Crippen LogP contribution in [0, 0.1) is 0 Å². The molecule has 0 rings (SSSR count). The van der Waals surface area contributed by atoms with Crippen molar-refractivity contribution in [3.63, 3.8) is 0 Å². The molecule has 0 radical (unpaired) electrons. The molecule has 0 aromatic rings. The van der Waals surface area contributed by atoms with E-state index >= 15 is 0 Å². The van der Waals surface area contributed by atoms with Crippen molar-refractivity contribution in [1.29, 1.82) is 0 Å². The Labute approximate surface area is 424 Å². The maximum Gasteiger partial charge on any atom is 0.306 e. The standard InChI is InChI=1S/C59H103N2O7P/c1-7-10-13-16-19-22-25-28-30-32-33-36-39-42-45-48-51-58(62)60-56(55-67-69(64,65)66-54-53-61(4,5)6)57(50-47-44-41-38-35-27-24-21-18-15-12-9-3)68-59(63)52-49-46-43-40-37-34-31-29-26-23-20-17-14-11-8-2/h10-11,13-14,17,19-20,22-23,26,28,30,33,36,47,50,56-57H,7-9,12,15-16,18,21,24-25,27,29,31-32,34-35,37-46,48-49,51-55H2,1-6H3,(H-,60,62,64,65)/b13-10+,14-11+,20-17+,22-19+,26-23+,30-28+,36-33+,50-47+. The zero-order chi connectivity index (χ0) is 50.8. The van der Waals surface area contributed by atoms with E-state index in [1.165, 1.54) is 70.6 Å². The zero-order valence-electron chi connectivity index (χ0n) is 45.0. The minimum atomic E-state index is -4.71. The van der Waals surface area contributed by atoms with Gasteiger partial charge < -0.3 is 28.5 Å². The molecule has 0 aromatic heterocycles. The second-order valence-electron chi connectivity index (χ2n) is 19.4. The summed E-state index contributed by atoms with van der Waals surface area (Å²) in [4.78, 5) is 39.8. The van der Waals surface area contributed by atoms with E-state index in [-0.39, 0.29) is 31.3 Å². The first-order valence-corrected chi connectivity index (χ1v) is 29.0. The van der Waals surface area contributed by atoms with Gasteiger partial charge in [0.2, 0.25) is 5.91 Å². The van der Waals surface area contributed by atoms with E-state index in [4.69, 9.17) is 13.8 Å². The van der Waals surface area contributed by atoms with Crippen LogP contribution in [0.2, 0.25) is 0 Å². The molecule has 0 spiro atoms. The summed E-state index contributed by atoms with van der Waals surface area (Å²) in [5.41, 5.74) is 0. The molecular formula is C59H103N2O7P. The number of hydrogen-bond acceptors (Lipinski definition) is 7. The van der Waals surface area contributed by atoms with E-state index in [0.29, 0.717) is 23.9 Å². The van der Waals surface area contributed by atoms with Crippen LogP contribution in [0.25, 0.3) is 0 Å². The first-order valence-electron chi connectivity index (χ1n) is 27.6. The van der Waals surface area contributed by atoms with Crippen molar-refractivity contribution in [2.45, 2.75) is 226 Å². The summed E-state index contributed by atoms with van der Waals surface area (Å²) in [6.45, 7) is 6.54. The van der Waals surface area contributed by atoms with Crippen molar-refractivity contribution < 1.29 is 37.3 Å². The monoisotopic (exact) mass is 983 g/mol. The lowest BCUT2D eigenvalue weighted by atomic mass is 10.0. The molecule has 3 unspecified atom stereocenters. The minimum Gasteiger partial charge on any atom is -0.756 e. The third kappa shape index (κ3) is 49.7. The van der Waals surface area contributed by atoms with Crippen molar-refractivity contribution in [1.82, 2.24) is 5.32 Å². The first kappa shape index (κ1) is 65.9. The largest absolute Gasteiger partial charge is 0.756 e. The van der Waals surface area contributed by atoms with E-state index in [1.54, 1.807) is 0 Å². The fourth-order valence-electron chi connectivity index (χ4n) is 7.33. The third-order valence-corrected chi connectivity index (χ3v) is 12.5. The maximum atomic E-state index is 13.5. The van der Waals surface area contributed by atoms with Crippen molar-refractivity contribution in [2.75, 3.05) is 40.9 Å². The number of phosphoric acid groups is 1. The molecule has 396 valence electrons. The van der Waals surface area contributed by atoms with Gasteiger partial charge >= 0.3 is 5.97 Å². The molecule has 69 heavy (non-hydrogen) atoms. The minimum absolute atomic E-state index is 0.0357. The normalized spacial score (nSPS) is 14.6. The highest BCUT2D eigenvalue weighted by Gasteiger charge is 2.27. The van der Waals surface area contributed by atoms with Crippen molar-refractivity contribution >= 4 is 19.7 Å². The fraction of sp³-hybridized carbons (Fsp3) is 0.695. The topological polar surface area (TPSA) is 114 Å². The van der Waals surface area contributed by atoms with Gasteiger partial charge in [0.25, 0.3) is 7.82 Å². The van der Waals surface area contributed by atoms with Crippen LogP contribution in [-0.2, 0) is 27.9 Å². The number of nitrogens with one attached hydrogen (secondary N) is 1. The molecular weight excluding hydrogens is 880 g/mol. The first-order chi connectivity index (χ1) is 33.4. The number of carbonyl (C=O) groups excluding carboxylic acids is 2. The van der Waals surface area contributed by atoms with Crippen molar-refractivity contribution in [2.24, 2.45) is 0 Å². The second kappa shape index (κ2) is 48.6. The smallest absolute Gasteiger partial charge is 0.306 e. The van der Waals surface area contributed by atoms with Crippen LogP contribution in [0.5, 0.6) is 0 Å². The van der Waals surface area contributed by atoms with Crippen LogP contribution < -0.4 is 10.2 Å². The van der Waals surface area contributed by atoms with Gasteiger partial charge in [-0.05, 0) is 89.5 Å². The number of amides is 1. The Kier molecular flexibility index (Phi) is 46.4. The number of hydrogen-bond donors (Lipinski definition) is 1. The van der Waals surface area contributed by atoms with Crippen LogP contribution in [0.15, 0.2) is 97.2 Å². The molecule has 0 saturated heterocycles. The number of allylic oxidation sites excluding steroid dienone is 15. The molecule has 3 atom stereocenters. The predicted molar refractivity (Wildman–Crippen MR) is 293 cm³/mol. The summed E-state index contributed by atoms with van der Waals surface area (Å²) in [5, 5.41) is 2.99. The van der Waals surface area contributed by atoms with Gasteiger partial charge in [-0.1, -0.05) is 208 Å². The molecule has 0 saturated carbocycles. The maximum absolute atomic E-state index is 13.5. The highest BCUT2D eigenvalue weighted by molar-refractivity contribution is 7.45. The Bertz CT molecular complexity index is 1510. The van der Waals surface area contributed by atoms with Crippen LogP contribution in [0.1, 0.15) is 213 Å². The van der Waals surface area contributed by atoms with E-state index in [0.717, 1.165) is 96.3 Å². The lowest BCUT2D eigenvalue weighted by molar-refractivity contribution is -0.870. The van der Waals surface area contributed by atoms with Crippen molar-refractivity contribution in [3.8, 4) is 0 Å². The van der Waals surface area contributed by atoms with E-state index in [2.05, 4.69) is 111 Å². The molecule has 0 bridgehead atoms. The summed E-state index contributed by atoms with van der Waals surface area (Å²) in [5.74, 6) is -0.600. The molecule has 1 N–H and O–H groups in total. The van der Waals surface area contributed by atoms with Gasteiger partial charge in [0, 0.05) is 12.8 Å². The number of nitrogens with zero attached hydrogens (tertiary/aromatic N) is 1. The van der Waals surface area contributed by atoms with E-state index in [1.807, 2.05) is 33.3 Å². The van der Waals surface area contributed by atoms with Gasteiger partial charge in [-0.15, -0.1) is 0 Å². The Balaban J connectivity index is 5.47. The molecule has 0 aliphatic carbocycles. The van der Waals surface area contributed by atoms with Crippen LogP contribution >= 0.6 is 7.82 Å². The number of phosphoric ester groups is 1. The number of quaternary nitrogens is 1. The average molecular weight is 983 g/mol. The molecule has 0 aliphatic rings. The molecule has 0 fully saturated rings. The molecule has 10 heteroatoms. The van der Waals surface area contributed by atoms with E-state index in [9.17, 15) is 19.0 Å². The van der Waals surface area contributed by atoms with Crippen LogP contribution in [-0.4, -0.2) is 69.4 Å². The summed E-state index contributed by atoms with van der Waals surface area (Å²) in [6, 6.07) is -0.914. The van der Waals surface area contributed by atoms with Gasteiger partial charge in [-0.25, -0.2) is 0 Å². The SMILES string of the molecule is CC/C=C/C=C/C=C/CCCCCCCCCC(=O)OC(/C=C/CCCCCCCCCCCC)C(COP(=O)([O-])OCC[N+](C)(C)C)NC(=O)CCCCC/C=C/C/C=C/C/C=C/C/C=C/CC. The number of likely N-dealkylation sites (N-methyl/N-ethyl adjacent to an activating group) is 1. The molecule has 1 amide bonds. The van der Waals surface area contributed by atoms with Gasteiger partial charge in [0.15, 0.2) is 0 Å².